The lowest BCUT2D eigenvalue weighted by Crippen LogP contribution is -2.23. The molecule has 0 fully saturated rings. The molecular formula is C28H18N2O10. The number of carbonyl (C=O) groups is 6. The number of esters is 1. The van der Waals surface area contributed by atoms with Crippen LogP contribution in [0.5, 0.6) is 0 Å². The Kier molecular flexibility index (Phi) is 6.30. The van der Waals surface area contributed by atoms with Crippen molar-refractivity contribution in [3.63, 3.8) is 0 Å². The van der Waals surface area contributed by atoms with E-state index in [2.05, 4.69) is 9.97 Å². The van der Waals surface area contributed by atoms with Crippen LogP contribution in [0.25, 0.3) is 0 Å². The minimum Gasteiger partial charge on any atom is -0.478 e. The van der Waals surface area contributed by atoms with E-state index in [0.29, 0.717) is 0 Å². The lowest BCUT2D eigenvalue weighted by Gasteiger charge is -2.12. The minimum atomic E-state index is -1.30. The first-order valence-electron chi connectivity index (χ1n) is 11.8. The van der Waals surface area contributed by atoms with Crippen LogP contribution in [0.2, 0.25) is 0 Å². The van der Waals surface area contributed by atoms with E-state index in [1.54, 1.807) is 13.0 Å². The van der Waals surface area contributed by atoms with Gasteiger partial charge in [-0.25, -0.2) is 9.59 Å². The van der Waals surface area contributed by atoms with Gasteiger partial charge in [-0.1, -0.05) is 0 Å². The number of rotatable bonds is 3. The third-order valence-electron chi connectivity index (χ3n) is 6.26. The smallest absolute Gasteiger partial charge is 0.342 e. The van der Waals surface area contributed by atoms with Crippen LogP contribution in [0.4, 0.5) is 0 Å². The van der Waals surface area contributed by atoms with Crippen LogP contribution in [-0.4, -0.2) is 56.8 Å². The molecule has 0 atom stereocenters. The maximum absolute atomic E-state index is 12.5. The van der Waals surface area contributed by atoms with Crippen molar-refractivity contribution in [1.82, 2.24) is 9.97 Å². The number of carbonyl (C=O) groups excluding carboxylic acids is 5. The molecule has 0 radical (unpaired) electrons. The summed E-state index contributed by atoms with van der Waals surface area (Å²) in [6.07, 6.45) is 2.80. The molecule has 0 saturated carbocycles. The van der Waals surface area contributed by atoms with E-state index in [9.17, 15) is 28.8 Å². The van der Waals surface area contributed by atoms with Crippen molar-refractivity contribution in [2.75, 3.05) is 6.61 Å². The number of carboxylic acid groups (broad SMARTS) is 1. The van der Waals surface area contributed by atoms with Gasteiger partial charge in [0.25, 0.3) is 0 Å². The number of aromatic nitrogens is 2. The maximum Gasteiger partial charge on any atom is 0.342 e. The number of carboxylic acids is 1. The first kappa shape index (κ1) is 26.1. The highest BCUT2D eigenvalue weighted by Crippen LogP contribution is 2.33. The number of furan rings is 2. The molecule has 0 spiro atoms. The fourth-order valence-electron chi connectivity index (χ4n) is 4.57. The van der Waals surface area contributed by atoms with Gasteiger partial charge in [-0.15, -0.1) is 0 Å². The van der Waals surface area contributed by atoms with Crippen molar-refractivity contribution in [3.05, 3.63) is 104 Å². The van der Waals surface area contributed by atoms with E-state index >= 15 is 0 Å². The number of pyridine rings is 2. The Hall–Kier alpha value is -5.52. The van der Waals surface area contributed by atoms with E-state index < -0.39 is 35.1 Å². The van der Waals surface area contributed by atoms with Crippen molar-refractivity contribution in [3.8, 4) is 0 Å². The molecular weight excluding hydrogens is 524 g/mol. The number of fused-ring (bicyclic) bond motifs is 4. The Bertz CT molecular complexity index is 1810. The fraction of sp³-hybridized carbons (Fsp3) is 0.143. The molecule has 12 heteroatoms. The number of hydrogen-bond donors (Lipinski definition) is 1. The van der Waals surface area contributed by atoms with Gasteiger partial charge < -0.3 is 18.7 Å². The van der Waals surface area contributed by atoms with E-state index in [1.165, 1.54) is 44.4 Å². The summed E-state index contributed by atoms with van der Waals surface area (Å²) in [6, 6.07) is 6.07. The Morgan fingerprint density at radius 1 is 0.775 bits per heavy atom. The Balaban J connectivity index is 0.000000162. The topological polar surface area (TPSA) is 184 Å². The van der Waals surface area contributed by atoms with E-state index in [-0.39, 0.29) is 74.4 Å². The summed E-state index contributed by atoms with van der Waals surface area (Å²) in [4.78, 5) is 80.3. The first-order valence-corrected chi connectivity index (χ1v) is 11.8. The predicted molar refractivity (Wildman–Crippen MR) is 132 cm³/mol. The van der Waals surface area contributed by atoms with Gasteiger partial charge in [-0.3, -0.25) is 29.1 Å². The van der Waals surface area contributed by atoms with Gasteiger partial charge in [0, 0.05) is 12.4 Å². The van der Waals surface area contributed by atoms with Crippen molar-refractivity contribution < 1.29 is 47.4 Å². The van der Waals surface area contributed by atoms with Crippen LogP contribution in [0, 0.1) is 13.8 Å². The number of hydrogen-bond acceptors (Lipinski definition) is 11. The molecule has 0 aliphatic heterocycles. The van der Waals surface area contributed by atoms with Gasteiger partial charge in [0.1, 0.15) is 34.0 Å². The average Bonchev–Trinajstić information content (AvgIpc) is 3.48. The lowest BCUT2D eigenvalue weighted by molar-refractivity contribution is 0.0521. The zero-order valence-corrected chi connectivity index (χ0v) is 21.2. The highest BCUT2D eigenvalue weighted by Gasteiger charge is 2.40. The van der Waals surface area contributed by atoms with Gasteiger partial charge in [-0.2, -0.15) is 0 Å². The summed E-state index contributed by atoms with van der Waals surface area (Å²) in [7, 11) is 0. The maximum atomic E-state index is 12.5. The summed E-state index contributed by atoms with van der Waals surface area (Å²) in [5.74, 6) is -4.18. The quantitative estimate of drug-likeness (QED) is 0.322. The van der Waals surface area contributed by atoms with Gasteiger partial charge in [-0.05, 0) is 45.0 Å². The molecule has 0 saturated heterocycles. The van der Waals surface area contributed by atoms with Crippen molar-refractivity contribution in [1.29, 1.82) is 0 Å². The molecule has 40 heavy (non-hydrogen) atoms. The number of aromatic carboxylic acids is 1. The third kappa shape index (κ3) is 3.85. The summed E-state index contributed by atoms with van der Waals surface area (Å²) in [6.45, 7) is 4.74. The van der Waals surface area contributed by atoms with E-state index in [0.717, 1.165) is 0 Å². The summed E-state index contributed by atoms with van der Waals surface area (Å²) in [5, 5.41) is 9.12. The lowest BCUT2D eigenvalue weighted by atomic mass is 9.90. The molecule has 12 nitrogen and oxygen atoms in total. The molecule has 4 heterocycles. The Morgan fingerprint density at radius 3 is 1.68 bits per heavy atom. The summed E-state index contributed by atoms with van der Waals surface area (Å²) < 4.78 is 15.4. The van der Waals surface area contributed by atoms with Crippen LogP contribution in [0.15, 0.2) is 45.5 Å². The van der Waals surface area contributed by atoms with Crippen LogP contribution >= 0.6 is 0 Å². The fourth-order valence-corrected chi connectivity index (χ4v) is 4.57. The van der Waals surface area contributed by atoms with Crippen molar-refractivity contribution in [2.24, 2.45) is 0 Å². The van der Waals surface area contributed by atoms with Crippen molar-refractivity contribution in [2.45, 2.75) is 20.8 Å². The van der Waals surface area contributed by atoms with Gasteiger partial charge in [0.05, 0.1) is 28.9 Å². The molecule has 4 aromatic heterocycles. The zero-order valence-electron chi connectivity index (χ0n) is 21.2. The molecule has 0 bridgehead atoms. The first-order chi connectivity index (χ1) is 19.1. The number of nitrogens with zero attached hydrogens (tertiary/aromatic N) is 2. The zero-order chi connectivity index (χ0) is 28.9. The highest BCUT2D eigenvalue weighted by molar-refractivity contribution is 6.30. The highest BCUT2D eigenvalue weighted by atomic mass is 16.5. The van der Waals surface area contributed by atoms with Gasteiger partial charge in [0.2, 0.25) is 23.1 Å². The molecule has 6 rings (SSSR count). The second kappa shape index (κ2) is 9.66. The molecule has 2 aliphatic carbocycles. The largest absolute Gasteiger partial charge is 0.478 e. The molecule has 0 aromatic carbocycles. The Morgan fingerprint density at radius 2 is 1.23 bits per heavy atom. The van der Waals surface area contributed by atoms with E-state index in [1.807, 2.05) is 0 Å². The van der Waals surface area contributed by atoms with Crippen LogP contribution < -0.4 is 0 Å². The Labute approximate surface area is 224 Å². The normalized spacial score (nSPS) is 13.0. The molecule has 0 amide bonds. The SMILES string of the molecule is CCOC(=O)c1c(C)oc2c1C(=O)c1ncccc1C2=O.Cc1oc2c(c1C(=O)O)C(=O)c1ncccc1C2=O. The molecule has 4 aromatic rings. The molecule has 2 aliphatic rings. The second-order valence-electron chi connectivity index (χ2n) is 8.62. The van der Waals surface area contributed by atoms with Crippen LogP contribution in [0.1, 0.15) is 104 Å². The van der Waals surface area contributed by atoms with E-state index in [4.69, 9.17) is 18.7 Å². The number of aryl methyl sites for hydroxylation is 2. The molecule has 0 unspecified atom stereocenters. The number of ketones is 4. The van der Waals surface area contributed by atoms with Crippen LogP contribution in [-0.2, 0) is 4.74 Å². The third-order valence-corrected chi connectivity index (χ3v) is 6.26. The summed E-state index contributed by atoms with van der Waals surface area (Å²) >= 11 is 0. The minimum absolute atomic E-state index is 0.00139. The molecule has 1 N–H and O–H groups in total. The predicted octanol–water partition coefficient (Wildman–Crippen LogP) is 3.39. The van der Waals surface area contributed by atoms with Gasteiger partial charge >= 0.3 is 11.9 Å². The van der Waals surface area contributed by atoms with Crippen LogP contribution in [0.3, 0.4) is 0 Å². The molecule has 200 valence electrons. The van der Waals surface area contributed by atoms with Gasteiger partial charge in [0.15, 0.2) is 11.5 Å². The second-order valence-corrected chi connectivity index (χ2v) is 8.62. The summed E-state index contributed by atoms with van der Waals surface area (Å²) in [5.41, 5.74) is -0.232. The number of ether oxygens (including phenoxy) is 1. The van der Waals surface area contributed by atoms with Crippen molar-refractivity contribution >= 4 is 35.1 Å². The standard InChI is InChI=1S/C15H11NO5.C13H7NO5/c1-3-20-15(19)9-7(2)21-14-10(9)13(18)11-8(12(14)17)5-4-6-16-11;1-5-7(13(17)18)8-11(16)9-6(3-2-4-14-9)10(15)12(8)19-5/h4-6H,3H2,1-2H3;2-4H,1H3,(H,17,18). The monoisotopic (exact) mass is 542 g/mol. The average molecular weight is 542 g/mol.